The van der Waals surface area contributed by atoms with Gasteiger partial charge in [0, 0.05) is 12.0 Å². The molecule has 1 aromatic heterocycles. The Kier molecular flexibility index (Phi) is 4.02. The van der Waals surface area contributed by atoms with E-state index in [-0.39, 0.29) is 24.1 Å². The van der Waals surface area contributed by atoms with E-state index in [9.17, 15) is 13.6 Å². The molecule has 1 amide bonds. The minimum Gasteiger partial charge on any atom is -0.349 e. The standard InChI is InChI=1S/C12H13F2N5O/c1-7(2)12(20)15-6-11-16-17-18-19(11)8-3-4-9(13)10(14)5-8/h3-5,7H,6H2,1-2H3,(H,15,20). The largest absolute Gasteiger partial charge is 0.349 e. The first-order valence-corrected chi connectivity index (χ1v) is 5.99. The molecule has 0 saturated carbocycles. The molecule has 1 N–H and O–H groups in total. The third-order valence-electron chi connectivity index (χ3n) is 2.63. The van der Waals surface area contributed by atoms with Gasteiger partial charge in [0.2, 0.25) is 5.91 Å². The van der Waals surface area contributed by atoms with Gasteiger partial charge in [-0.15, -0.1) is 5.10 Å². The minimum atomic E-state index is -0.991. The van der Waals surface area contributed by atoms with Crippen molar-refractivity contribution >= 4 is 5.91 Å². The van der Waals surface area contributed by atoms with Crippen LogP contribution in [0.2, 0.25) is 0 Å². The number of benzene rings is 1. The van der Waals surface area contributed by atoms with Gasteiger partial charge in [-0.2, -0.15) is 4.68 Å². The first-order valence-electron chi connectivity index (χ1n) is 5.99. The number of aromatic nitrogens is 4. The van der Waals surface area contributed by atoms with Crippen molar-refractivity contribution in [2.24, 2.45) is 5.92 Å². The summed E-state index contributed by atoms with van der Waals surface area (Å²) in [6.45, 7) is 3.62. The summed E-state index contributed by atoms with van der Waals surface area (Å²) in [6, 6.07) is 3.32. The molecule has 0 unspecified atom stereocenters. The Bertz CT molecular complexity index is 626. The second kappa shape index (κ2) is 5.72. The molecule has 0 saturated heterocycles. The number of rotatable bonds is 4. The van der Waals surface area contributed by atoms with Crippen LogP contribution in [0.5, 0.6) is 0 Å². The summed E-state index contributed by atoms with van der Waals surface area (Å²) < 4.78 is 27.3. The molecule has 0 aliphatic carbocycles. The topological polar surface area (TPSA) is 72.7 Å². The molecule has 20 heavy (non-hydrogen) atoms. The lowest BCUT2D eigenvalue weighted by molar-refractivity contribution is -0.124. The molecule has 8 heteroatoms. The molecule has 0 spiro atoms. The second-order valence-corrected chi connectivity index (χ2v) is 4.48. The number of hydrogen-bond donors (Lipinski definition) is 1. The molecule has 1 aromatic carbocycles. The third kappa shape index (κ3) is 2.95. The van der Waals surface area contributed by atoms with Crippen LogP contribution in [0.4, 0.5) is 8.78 Å². The van der Waals surface area contributed by atoms with E-state index in [0.717, 1.165) is 12.1 Å². The van der Waals surface area contributed by atoms with E-state index in [4.69, 9.17) is 0 Å². The van der Waals surface area contributed by atoms with E-state index in [0.29, 0.717) is 5.82 Å². The van der Waals surface area contributed by atoms with Crippen molar-refractivity contribution in [2.75, 3.05) is 0 Å². The summed E-state index contributed by atoms with van der Waals surface area (Å²) in [7, 11) is 0. The number of carbonyl (C=O) groups is 1. The van der Waals surface area contributed by atoms with E-state index < -0.39 is 11.6 Å². The lowest BCUT2D eigenvalue weighted by Crippen LogP contribution is -2.28. The van der Waals surface area contributed by atoms with E-state index in [2.05, 4.69) is 20.8 Å². The summed E-state index contributed by atoms with van der Waals surface area (Å²) in [6.07, 6.45) is 0. The molecule has 0 atom stereocenters. The molecule has 0 fully saturated rings. The van der Waals surface area contributed by atoms with Gasteiger partial charge in [0.25, 0.3) is 0 Å². The van der Waals surface area contributed by atoms with Crippen LogP contribution in [0, 0.1) is 17.6 Å². The van der Waals surface area contributed by atoms with Gasteiger partial charge in [-0.3, -0.25) is 4.79 Å². The molecule has 2 aromatic rings. The molecule has 6 nitrogen and oxygen atoms in total. The lowest BCUT2D eigenvalue weighted by Gasteiger charge is -2.08. The maximum atomic E-state index is 13.2. The van der Waals surface area contributed by atoms with Crippen LogP contribution < -0.4 is 5.32 Å². The van der Waals surface area contributed by atoms with Crippen molar-refractivity contribution in [1.82, 2.24) is 25.5 Å². The Hall–Kier alpha value is -2.38. The van der Waals surface area contributed by atoms with Crippen molar-refractivity contribution in [3.05, 3.63) is 35.7 Å². The molecule has 0 aliphatic rings. The Balaban J connectivity index is 2.20. The van der Waals surface area contributed by atoms with Crippen LogP contribution in [-0.2, 0) is 11.3 Å². The van der Waals surface area contributed by atoms with Gasteiger partial charge in [-0.25, -0.2) is 8.78 Å². The van der Waals surface area contributed by atoms with Crippen LogP contribution in [0.1, 0.15) is 19.7 Å². The highest BCUT2D eigenvalue weighted by atomic mass is 19.2. The Morgan fingerprint density at radius 1 is 1.35 bits per heavy atom. The number of halogens is 2. The summed E-state index contributed by atoms with van der Waals surface area (Å²) in [4.78, 5) is 11.5. The van der Waals surface area contributed by atoms with Crippen LogP contribution >= 0.6 is 0 Å². The smallest absolute Gasteiger partial charge is 0.222 e. The Morgan fingerprint density at radius 3 is 2.75 bits per heavy atom. The van der Waals surface area contributed by atoms with Crippen molar-refractivity contribution in [3.63, 3.8) is 0 Å². The van der Waals surface area contributed by atoms with Gasteiger partial charge in [-0.05, 0) is 22.6 Å². The SMILES string of the molecule is CC(C)C(=O)NCc1nnnn1-c1ccc(F)c(F)c1. The molecule has 1 heterocycles. The van der Waals surface area contributed by atoms with Crippen LogP contribution in [0.3, 0.4) is 0 Å². The second-order valence-electron chi connectivity index (χ2n) is 4.48. The number of nitrogens with one attached hydrogen (secondary N) is 1. The molecule has 0 bridgehead atoms. The first-order chi connectivity index (χ1) is 9.49. The number of tetrazole rings is 1. The molecule has 106 valence electrons. The van der Waals surface area contributed by atoms with Crippen molar-refractivity contribution < 1.29 is 13.6 Å². The average Bonchev–Trinajstić information content (AvgIpc) is 2.87. The lowest BCUT2D eigenvalue weighted by atomic mass is 10.2. The third-order valence-corrected chi connectivity index (χ3v) is 2.63. The number of hydrogen-bond acceptors (Lipinski definition) is 4. The van der Waals surface area contributed by atoms with Gasteiger partial charge < -0.3 is 5.32 Å². The van der Waals surface area contributed by atoms with Gasteiger partial charge in [0.15, 0.2) is 17.5 Å². The zero-order valence-electron chi connectivity index (χ0n) is 11.0. The average molecular weight is 281 g/mol. The molecular weight excluding hydrogens is 268 g/mol. The van der Waals surface area contributed by atoms with Gasteiger partial charge >= 0.3 is 0 Å². The van der Waals surface area contributed by atoms with Crippen molar-refractivity contribution in [1.29, 1.82) is 0 Å². The van der Waals surface area contributed by atoms with Crippen LogP contribution in [-0.4, -0.2) is 26.1 Å². The predicted octanol–water partition coefficient (Wildman–Crippen LogP) is 1.21. The van der Waals surface area contributed by atoms with Crippen molar-refractivity contribution in [2.45, 2.75) is 20.4 Å². The normalized spacial score (nSPS) is 10.8. The summed E-state index contributed by atoms with van der Waals surface area (Å²) in [5.41, 5.74) is 0.280. The monoisotopic (exact) mass is 281 g/mol. The molecule has 0 radical (unpaired) electrons. The predicted molar refractivity (Wildman–Crippen MR) is 65.8 cm³/mol. The van der Waals surface area contributed by atoms with Crippen LogP contribution in [0.15, 0.2) is 18.2 Å². The summed E-state index contributed by atoms with van der Waals surface area (Å²) >= 11 is 0. The maximum absolute atomic E-state index is 13.2. The van der Waals surface area contributed by atoms with E-state index in [1.54, 1.807) is 13.8 Å². The fourth-order valence-electron chi connectivity index (χ4n) is 1.50. The van der Waals surface area contributed by atoms with E-state index in [1.807, 2.05) is 0 Å². The van der Waals surface area contributed by atoms with Crippen LogP contribution in [0.25, 0.3) is 5.69 Å². The molecular formula is C12H13F2N5O. The maximum Gasteiger partial charge on any atom is 0.222 e. The Morgan fingerprint density at radius 2 is 2.10 bits per heavy atom. The van der Waals surface area contributed by atoms with Gasteiger partial charge in [0.1, 0.15) is 0 Å². The number of nitrogens with zero attached hydrogens (tertiary/aromatic N) is 4. The fourth-order valence-corrected chi connectivity index (χ4v) is 1.50. The molecule has 0 aliphatic heterocycles. The number of carbonyl (C=O) groups excluding carboxylic acids is 1. The zero-order valence-corrected chi connectivity index (χ0v) is 11.0. The minimum absolute atomic E-state index is 0.100. The molecule has 2 rings (SSSR count). The van der Waals surface area contributed by atoms with E-state index >= 15 is 0 Å². The first kappa shape index (κ1) is 14.0. The zero-order chi connectivity index (χ0) is 14.7. The summed E-state index contributed by atoms with van der Waals surface area (Å²) in [5, 5.41) is 13.6. The quantitative estimate of drug-likeness (QED) is 0.914. The van der Waals surface area contributed by atoms with E-state index in [1.165, 1.54) is 10.7 Å². The highest BCUT2D eigenvalue weighted by molar-refractivity contribution is 5.77. The highest BCUT2D eigenvalue weighted by Crippen LogP contribution is 2.13. The number of amides is 1. The van der Waals surface area contributed by atoms with Gasteiger partial charge in [-0.1, -0.05) is 13.8 Å². The fraction of sp³-hybridized carbons (Fsp3) is 0.333. The highest BCUT2D eigenvalue weighted by Gasteiger charge is 2.13. The van der Waals surface area contributed by atoms with Gasteiger partial charge in [0.05, 0.1) is 12.2 Å². The van der Waals surface area contributed by atoms with Crippen molar-refractivity contribution in [3.8, 4) is 5.69 Å². The summed E-state index contributed by atoms with van der Waals surface area (Å²) in [5.74, 6) is -1.93. The Labute approximate surface area is 113 Å².